The van der Waals surface area contributed by atoms with Crippen molar-refractivity contribution in [2.24, 2.45) is 0 Å². The SMILES string of the molecule is CSCC(=O)Nc1cccc(F)c1I. The lowest BCUT2D eigenvalue weighted by molar-refractivity contribution is -0.113. The van der Waals surface area contributed by atoms with Crippen molar-refractivity contribution in [2.45, 2.75) is 0 Å². The fourth-order valence-corrected chi connectivity index (χ4v) is 1.75. The summed E-state index contributed by atoms with van der Waals surface area (Å²) < 4.78 is 13.5. The lowest BCUT2D eigenvalue weighted by Crippen LogP contribution is -2.14. The molecular formula is C9H9FINOS. The molecule has 0 spiro atoms. The average molecular weight is 325 g/mol. The maximum Gasteiger partial charge on any atom is 0.234 e. The van der Waals surface area contributed by atoms with Gasteiger partial charge in [0.1, 0.15) is 5.82 Å². The Kier molecular flexibility index (Phi) is 4.67. The van der Waals surface area contributed by atoms with Crippen LogP contribution in [0.2, 0.25) is 0 Å². The van der Waals surface area contributed by atoms with Gasteiger partial charge in [0.2, 0.25) is 5.91 Å². The van der Waals surface area contributed by atoms with Crippen molar-refractivity contribution in [2.75, 3.05) is 17.3 Å². The highest BCUT2D eigenvalue weighted by Crippen LogP contribution is 2.20. The van der Waals surface area contributed by atoms with E-state index in [0.29, 0.717) is 15.0 Å². The molecule has 0 radical (unpaired) electrons. The predicted molar refractivity (Wildman–Crippen MR) is 66.1 cm³/mol. The van der Waals surface area contributed by atoms with Crippen molar-refractivity contribution >= 4 is 45.9 Å². The van der Waals surface area contributed by atoms with Crippen LogP contribution in [0.3, 0.4) is 0 Å². The molecule has 1 N–H and O–H groups in total. The number of rotatable bonds is 3. The van der Waals surface area contributed by atoms with E-state index in [-0.39, 0.29) is 11.7 Å². The van der Waals surface area contributed by atoms with Crippen LogP contribution in [0.15, 0.2) is 18.2 Å². The van der Waals surface area contributed by atoms with Crippen LogP contribution in [0.25, 0.3) is 0 Å². The third-order valence-corrected chi connectivity index (χ3v) is 3.15. The van der Waals surface area contributed by atoms with Crippen LogP contribution in [-0.4, -0.2) is 17.9 Å². The molecule has 0 heterocycles. The Bertz CT molecular complexity index is 346. The van der Waals surface area contributed by atoms with Crippen molar-refractivity contribution < 1.29 is 9.18 Å². The molecule has 0 aliphatic heterocycles. The van der Waals surface area contributed by atoms with Gasteiger partial charge < -0.3 is 5.32 Å². The number of anilines is 1. The summed E-state index contributed by atoms with van der Waals surface area (Å²) in [7, 11) is 0. The Morgan fingerprint density at radius 3 is 3.00 bits per heavy atom. The van der Waals surface area contributed by atoms with Gasteiger partial charge in [0, 0.05) is 0 Å². The first-order valence-electron chi connectivity index (χ1n) is 3.88. The average Bonchev–Trinajstić information content (AvgIpc) is 2.13. The van der Waals surface area contributed by atoms with Crippen molar-refractivity contribution in [3.8, 4) is 0 Å². The number of carbonyl (C=O) groups is 1. The number of thioether (sulfide) groups is 1. The van der Waals surface area contributed by atoms with E-state index in [4.69, 9.17) is 0 Å². The zero-order valence-corrected chi connectivity index (χ0v) is 10.5. The zero-order valence-electron chi connectivity index (χ0n) is 7.51. The third-order valence-electron chi connectivity index (χ3n) is 1.50. The summed E-state index contributed by atoms with van der Waals surface area (Å²) >= 11 is 3.30. The lowest BCUT2D eigenvalue weighted by Gasteiger charge is -2.06. The minimum absolute atomic E-state index is 0.110. The molecular weight excluding hydrogens is 316 g/mol. The van der Waals surface area contributed by atoms with E-state index >= 15 is 0 Å². The first-order chi connectivity index (χ1) is 6.65. The second-order valence-corrected chi connectivity index (χ2v) is 4.53. The van der Waals surface area contributed by atoms with Crippen molar-refractivity contribution in [1.82, 2.24) is 0 Å². The van der Waals surface area contributed by atoms with Crippen LogP contribution in [-0.2, 0) is 4.79 Å². The molecule has 1 rings (SSSR count). The molecule has 0 saturated heterocycles. The number of hydrogen-bond donors (Lipinski definition) is 1. The van der Waals surface area contributed by atoms with Crippen molar-refractivity contribution in [1.29, 1.82) is 0 Å². The van der Waals surface area contributed by atoms with Gasteiger partial charge in [-0.15, -0.1) is 0 Å². The number of benzene rings is 1. The van der Waals surface area contributed by atoms with Crippen LogP contribution in [0.4, 0.5) is 10.1 Å². The summed E-state index contributed by atoms with van der Waals surface area (Å²) in [5, 5.41) is 2.64. The van der Waals surface area contributed by atoms with Gasteiger partial charge in [-0.1, -0.05) is 6.07 Å². The number of halogens is 2. The molecule has 0 bridgehead atoms. The number of hydrogen-bond acceptors (Lipinski definition) is 2. The monoisotopic (exact) mass is 325 g/mol. The molecule has 0 unspecified atom stereocenters. The molecule has 1 aromatic carbocycles. The van der Waals surface area contributed by atoms with Gasteiger partial charge in [0.05, 0.1) is 15.0 Å². The van der Waals surface area contributed by atoms with Gasteiger partial charge in [-0.05, 0) is 41.0 Å². The molecule has 0 fully saturated rings. The van der Waals surface area contributed by atoms with Crippen LogP contribution in [0, 0.1) is 9.39 Å². The van der Waals surface area contributed by atoms with Gasteiger partial charge in [-0.3, -0.25) is 4.79 Å². The summed E-state index contributed by atoms with van der Waals surface area (Å²) in [5.41, 5.74) is 0.532. The highest BCUT2D eigenvalue weighted by atomic mass is 127. The van der Waals surface area contributed by atoms with E-state index < -0.39 is 0 Å². The lowest BCUT2D eigenvalue weighted by atomic mass is 10.3. The Morgan fingerprint density at radius 1 is 1.64 bits per heavy atom. The van der Waals surface area contributed by atoms with E-state index in [9.17, 15) is 9.18 Å². The van der Waals surface area contributed by atoms with E-state index in [1.54, 1.807) is 12.1 Å². The maximum absolute atomic E-state index is 13.1. The van der Waals surface area contributed by atoms with Gasteiger partial charge >= 0.3 is 0 Å². The predicted octanol–water partition coefficient (Wildman–Crippen LogP) is 2.73. The standard InChI is InChI=1S/C9H9FINOS/c1-14-5-8(13)12-7-4-2-3-6(10)9(7)11/h2-4H,5H2,1H3,(H,12,13). The van der Waals surface area contributed by atoms with Gasteiger partial charge in [-0.2, -0.15) is 11.8 Å². The maximum atomic E-state index is 13.1. The highest BCUT2D eigenvalue weighted by molar-refractivity contribution is 14.1. The molecule has 14 heavy (non-hydrogen) atoms. The Balaban J connectivity index is 2.76. The Hall–Kier alpha value is -0.300. The minimum atomic E-state index is -0.312. The summed E-state index contributed by atoms with van der Waals surface area (Å²) in [4.78, 5) is 11.2. The summed E-state index contributed by atoms with van der Waals surface area (Å²) in [6, 6.07) is 4.63. The highest BCUT2D eigenvalue weighted by Gasteiger charge is 2.07. The summed E-state index contributed by atoms with van der Waals surface area (Å²) in [5.74, 6) is -0.0411. The second-order valence-electron chi connectivity index (χ2n) is 2.58. The van der Waals surface area contributed by atoms with E-state index in [1.807, 2.05) is 28.8 Å². The molecule has 1 aromatic rings. The molecule has 1 amide bonds. The first-order valence-corrected chi connectivity index (χ1v) is 6.35. The van der Waals surface area contributed by atoms with E-state index in [1.165, 1.54) is 17.8 Å². The number of nitrogens with one attached hydrogen (secondary N) is 1. The van der Waals surface area contributed by atoms with Crippen LogP contribution >= 0.6 is 34.4 Å². The Labute approximate surface area is 99.8 Å². The van der Waals surface area contributed by atoms with Gasteiger partial charge in [0.25, 0.3) is 0 Å². The fraction of sp³-hybridized carbons (Fsp3) is 0.222. The molecule has 0 aliphatic carbocycles. The fourth-order valence-electron chi connectivity index (χ4n) is 0.918. The van der Waals surface area contributed by atoms with Crippen molar-refractivity contribution in [3.05, 3.63) is 27.6 Å². The number of amides is 1. The molecule has 0 aromatic heterocycles. The second kappa shape index (κ2) is 5.55. The molecule has 76 valence electrons. The van der Waals surface area contributed by atoms with Crippen LogP contribution < -0.4 is 5.32 Å². The molecule has 0 saturated carbocycles. The zero-order chi connectivity index (χ0) is 10.6. The molecule has 2 nitrogen and oxygen atoms in total. The van der Waals surface area contributed by atoms with Gasteiger partial charge in [-0.25, -0.2) is 4.39 Å². The summed E-state index contributed by atoms with van der Waals surface area (Å²) in [6.45, 7) is 0. The smallest absolute Gasteiger partial charge is 0.234 e. The molecule has 0 atom stereocenters. The van der Waals surface area contributed by atoms with Crippen LogP contribution in [0.5, 0.6) is 0 Å². The number of carbonyl (C=O) groups excluding carboxylic acids is 1. The normalized spacial score (nSPS) is 9.93. The van der Waals surface area contributed by atoms with E-state index in [2.05, 4.69) is 5.32 Å². The summed E-state index contributed by atoms with van der Waals surface area (Å²) in [6.07, 6.45) is 1.84. The third kappa shape index (κ3) is 3.13. The minimum Gasteiger partial charge on any atom is -0.324 e. The van der Waals surface area contributed by atoms with E-state index in [0.717, 1.165) is 0 Å². The molecule has 0 aliphatic rings. The molecule has 5 heteroatoms. The topological polar surface area (TPSA) is 29.1 Å². The quantitative estimate of drug-likeness (QED) is 0.866. The van der Waals surface area contributed by atoms with Crippen LogP contribution in [0.1, 0.15) is 0 Å². The first kappa shape index (κ1) is 11.8. The Morgan fingerprint density at radius 2 is 2.36 bits per heavy atom. The van der Waals surface area contributed by atoms with Crippen molar-refractivity contribution in [3.63, 3.8) is 0 Å². The largest absolute Gasteiger partial charge is 0.324 e. The van der Waals surface area contributed by atoms with Gasteiger partial charge in [0.15, 0.2) is 0 Å².